The minimum Gasteiger partial charge on any atom is -0.478 e. The van der Waals surface area contributed by atoms with Gasteiger partial charge in [0.25, 0.3) is 5.91 Å². The first-order chi connectivity index (χ1) is 9.86. The minimum absolute atomic E-state index is 0.0454. The Morgan fingerprint density at radius 2 is 1.90 bits per heavy atom. The van der Waals surface area contributed by atoms with Crippen molar-refractivity contribution in [3.63, 3.8) is 0 Å². The second-order valence-electron chi connectivity index (χ2n) is 4.11. The van der Waals surface area contributed by atoms with Gasteiger partial charge in [0.1, 0.15) is 5.82 Å². The molecule has 0 saturated carbocycles. The number of carbonyl (C=O) groups excluding carboxylic acids is 1. The van der Waals surface area contributed by atoms with Crippen LogP contribution < -0.4 is 5.32 Å². The van der Waals surface area contributed by atoms with Gasteiger partial charge in [-0.3, -0.25) is 4.79 Å². The quantitative estimate of drug-likeness (QED) is 0.849. The number of carbonyl (C=O) groups is 2. The highest BCUT2D eigenvalue weighted by molar-refractivity contribution is 9.10. The van der Waals surface area contributed by atoms with Crippen molar-refractivity contribution in [2.75, 3.05) is 5.32 Å². The van der Waals surface area contributed by atoms with Gasteiger partial charge in [-0.15, -0.1) is 0 Å². The molecule has 0 heterocycles. The lowest BCUT2D eigenvalue weighted by Gasteiger charge is -2.08. The van der Waals surface area contributed by atoms with Crippen LogP contribution >= 0.6 is 27.5 Å². The largest absolute Gasteiger partial charge is 0.478 e. The number of amides is 1. The number of hydrogen-bond donors (Lipinski definition) is 2. The highest BCUT2D eigenvalue weighted by atomic mass is 79.9. The molecule has 108 valence electrons. The van der Waals surface area contributed by atoms with E-state index in [1.165, 1.54) is 24.3 Å². The van der Waals surface area contributed by atoms with E-state index in [-0.39, 0.29) is 21.8 Å². The van der Waals surface area contributed by atoms with Crippen LogP contribution in [0, 0.1) is 5.82 Å². The number of aromatic carboxylic acids is 1. The zero-order valence-corrected chi connectivity index (χ0v) is 12.7. The molecule has 0 fully saturated rings. The number of hydrogen-bond acceptors (Lipinski definition) is 2. The third-order valence-electron chi connectivity index (χ3n) is 2.58. The second-order valence-corrected chi connectivity index (χ2v) is 5.40. The fourth-order valence-electron chi connectivity index (χ4n) is 1.66. The molecule has 0 aliphatic carbocycles. The lowest BCUT2D eigenvalue weighted by atomic mass is 10.1. The van der Waals surface area contributed by atoms with Gasteiger partial charge in [-0.2, -0.15) is 0 Å². The van der Waals surface area contributed by atoms with E-state index >= 15 is 0 Å². The highest BCUT2D eigenvalue weighted by Crippen LogP contribution is 2.22. The number of anilines is 1. The Hall–Kier alpha value is -1.92. The van der Waals surface area contributed by atoms with E-state index in [0.717, 1.165) is 12.1 Å². The molecule has 0 unspecified atom stereocenters. The summed E-state index contributed by atoms with van der Waals surface area (Å²) >= 11 is 8.89. The maximum absolute atomic E-state index is 13.0. The zero-order chi connectivity index (χ0) is 15.6. The summed E-state index contributed by atoms with van der Waals surface area (Å²) in [5.74, 6) is -2.15. The summed E-state index contributed by atoms with van der Waals surface area (Å²) in [4.78, 5) is 23.0. The topological polar surface area (TPSA) is 66.4 Å². The molecule has 0 aliphatic heterocycles. The van der Waals surface area contributed by atoms with Crippen LogP contribution in [-0.4, -0.2) is 17.0 Å². The molecule has 4 nitrogen and oxygen atoms in total. The molecule has 0 bridgehead atoms. The Morgan fingerprint density at radius 1 is 1.19 bits per heavy atom. The summed E-state index contributed by atoms with van der Waals surface area (Å²) in [6.07, 6.45) is 0. The van der Waals surface area contributed by atoms with Crippen LogP contribution in [0.4, 0.5) is 10.1 Å². The normalized spacial score (nSPS) is 10.2. The van der Waals surface area contributed by atoms with E-state index in [1.54, 1.807) is 0 Å². The minimum atomic E-state index is -1.16. The second kappa shape index (κ2) is 6.24. The molecule has 0 atom stereocenters. The van der Waals surface area contributed by atoms with Crippen molar-refractivity contribution in [2.45, 2.75) is 0 Å². The molecular formula is C14H8BrClFNO3. The van der Waals surface area contributed by atoms with Gasteiger partial charge in [0.05, 0.1) is 11.1 Å². The van der Waals surface area contributed by atoms with Crippen LogP contribution in [0.1, 0.15) is 20.7 Å². The van der Waals surface area contributed by atoms with Gasteiger partial charge in [0.2, 0.25) is 0 Å². The van der Waals surface area contributed by atoms with Crippen LogP contribution in [0.25, 0.3) is 0 Å². The van der Waals surface area contributed by atoms with Gasteiger partial charge in [-0.1, -0.05) is 11.6 Å². The fourth-order valence-corrected chi connectivity index (χ4v) is 2.42. The predicted octanol–water partition coefficient (Wildman–Crippen LogP) is 4.19. The van der Waals surface area contributed by atoms with Crippen LogP contribution in [0.3, 0.4) is 0 Å². The molecule has 21 heavy (non-hydrogen) atoms. The summed E-state index contributed by atoms with van der Waals surface area (Å²) < 4.78 is 13.3. The van der Waals surface area contributed by atoms with Gasteiger partial charge < -0.3 is 10.4 Å². The van der Waals surface area contributed by atoms with E-state index in [0.29, 0.717) is 4.47 Å². The first-order valence-electron chi connectivity index (χ1n) is 5.67. The standard InChI is InChI=1S/C14H8BrClFNO3/c15-12-6-9(17)1-2-11(12)13(19)18-10-4-7(14(20)21)3-8(16)5-10/h1-6H,(H,18,19)(H,20,21). The Balaban J connectivity index is 2.29. The summed E-state index contributed by atoms with van der Waals surface area (Å²) in [7, 11) is 0. The third-order valence-corrected chi connectivity index (χ3v) is 3.45. The van der Waals surface area contributed by atoms with E-state index in [2.05, 4.69) is 21.2 Å². The Bertz CT molecular complexity index is 736. The number of nitrogens with one attached hydrogen (secondary N) is 1. The molecule has 0 radical (unpaired) electrons. The summed E-state index contributed by atoms with van der Waals surface area (Å²) in [5.41, 5.74) is 0.408. The van der Waals surface area contributed by atoms with E-state index < -0.39 is 17.7 Å². The molecule has 2 aromatic carbocycles. The van der Waals surface area contributed by atoms with Crippen LogP contribution in [0.15, 0.2) is 40.9 Å². The van der Waals surface area contributed by atoms with E-state index in [9.17, 15) is 14.0 Å². The number of halogens is 3. The van der Waals surface area contributed by atoms with Gasteiger partial charge in [0.15, 0.2) is 0 Å². The monoisotopic (exact) mass is 371 g/mol. The Morgan fingerprint density at radius 3 is 2.52 bits per heavy atom. The van der Waals surface area contributed by atoms with Crippen molar-refractivity contribution >= 4 is 45.1 Å². The number of carboxylic acids is 1. The number of rotatable bonds is 3. The number of carboxylic acid groups (broad SMARTS) is 1. The predicted molar refractivity (Wildman–Crippen MR) is 80.5 cm³/mol. The molecule has 2 N–H and O–H groups in total. The Labute approximate surface area is 132 Å². The first-order valence-corrected chi connectivity index (χ1v) is 6.84. The number of benzene rings is 2. The molecule has 2 aromatic rings. The molecule has 0 aromatic heterocycles. The third kappa shape index (κ3) is 3.80. The highest BCUT2D eigenvalue weighted by Gasteiger charge is 2.13. The molecule has 2 rings (SSSR count). The summed E-state index contributed by atoms with van der Waals surface area (Å²) in [5, 5.41) is 11.6. The van der Waals surface area contributed by atoms with Crippen molar-refractivity contribution in [3.05, 3.63) is 62.8 Å². The van der Waals surface area contributed by atoms with Crippen molar-refractivity contribution in [1.82, 2.24) is 0 Å². The van der Waals surface area contributed by atoms with Crippen molar-refractivity contribution < 1.29 is 19.1 Å². The van der Waals surface area contributed by atoms with Crippen LogP contribution in [0.5, 0.6) is 0 Å². The smallest absolute Gasteiger partial charge is 0.335 e. The zero-order valence-electron chi connectivity index (χ0n) is 10.4. The van der Waals surface area contributed by atoms with Crippen molar-refractivity contribution in [1.29, 1.82) is 0 Å². The van der Waals surface area contributed by atoms with Gasteiger partial charge in [-0.05, 0) is 52.3 Å². The van der Waals surface area contributed by atoms with Gasteiger partial charge >= 0.3 is 5.97 Å². The van der Waals surface area contributed by atoms with Crippen LogP contribution in [0.2, 0.25) is 5.02 Å². The van der Waals surface area contributed by atoms with Gasteiger partial charge in [-0.25, -0.2) is 9.18 Å². The Kier molecular flexibility index (Phi) is 4.59. The summed E-state index contributed by atoms with van der Waals surface area (Å²) in [6, 6.07) is 7.60. The molecule has 0 spiro atoms. The molecule has 7 heteroatoms. The molecule has 0 saturated heterocycles. The van der Waals surface area contributed by atoms with E-state index in [4.69, 9.17) is 16.7 Å². The first kappa shape index (κ1) is 15.5. The van der Waals surface area contributed by atoms with Crippen LogP contribution in [-0.2, 0) is 0 Å². The SMILES string of the molecule is O=C(O)c1cc(Cl)cc(NC(=O)c2ccc(F)cc2Br)c1. The molecular weight excluding hydrogens is 365 g/mol. The van der Waals surface area contributed by atoms with Crippen molar-refractivity contribution in [2.24, 2.45) is 0 Å². The lowest BCUT2D eigenvalue weighted by molar-refractivity contribution is 0.0696. The average molecular weight is 373 g/mol. The fraction of sp³-hybridized carbons (Fsp3) is 0. The lowest BCUT2D eigenvalue weighted by Crippen LogP contribution is -2.13. The maximum atomic E-state index is 13.0. The summed E-state index contributed by atoms with van der Waals surface area (Å²) in [6.45, 7) is 0. The molecule has 0 aliphatic rings. The molecule has 1 amide bonds. The van der Waals surface area contributed by atoms with Gasteiger partial charge in [0, 0.05) is 15.2 Å². The van der Waals surface area contributed by atoms with E-state index in [1.807, 2.05) is 0 Å². The average Bonchev–Trinajstić information content (AvgIpc) is 2.37. The van der Waals surface area contributed by atoms with Crippen molar-refractivity contribution in [3.8, 4) is 0 Å². The maximum Gasteiger partial charge on any atom is 0.335 e.